The van der Waals surface area contributed by atoms with Crippen LogP contribution in [-0.4, -0.2) is 18.4 Å². The molecule has 0 heterocycles. The first kappa shape index (κ1) is 19.7. The van der Waals surface area contributed by atoms with Crippen molar-refractivity contribution < 1.29 is 9.59 Å². The van der Waals surface area contributed by atoms with Crippen LogP contribution in [0.25, 0.3) is 0 Å². The molecule has 0 aliphatic heterocycles. The summed E-state index contributed by atoms with van der Waals surface area (Å²) >= 11 is 0. The lowest BCUT2D eigenvalue weighted by Gasteiger charge is -2.22. The van der Waals surface area contributed by atoms with Gasteiger partial charge in [-0.05, 0) is 36.5 Å². The van der Waals surface area contributed by atoms with Crippen molar-refractivity contribution in [1.29, 1.82) is 0 Å². The molecule has 2 amide bonds. The number of para-hydroxylation sites is 1. The number of carbonyl (C=O) groups excluding carboxylic acids is 2. The lowest BCUT2D eigenvalue weighted by molar-refractivity contribution is -0.126. The van der Waals surface area contributed by atoms with E-state index in [4.69, 9.17) is 0 Å². The molecule has 0 unspecified atom stereocenters. The molecule has 2 rings (SSSR count). The summed E-state index contributed by atoms with van der Waals surface area (Å²) in [4.78, 5) is 25.0. The number of carbonyl (C=O) groups is 2. The minimum atomic E-state index is -0.255. The average molecular weight is 352 g/mol. The Kier molecular flexibility index (Phi) is 6.96. The first-order valence-corrected chi connectivity index (χ1v) is 9.12. The van der Waals surface area contributed by atoms with Crippen molar-refractivity contribution in [3.63, 3.8) is 0 Å². The van der Waals surface area contributed by atoms with Gasteiger partial charge in [0, 0.05) is 5.69 Å². The van der Waals surface area contributed by atoms with E-state index >= 15 is 0 Å². The van der Waals surface area contributed by atoms with Crippen molar-refractivity contribution >= 4 is 17.5 Å². The van der Waals surface area contributed by atoms with Gasteiger partial charge in [0.15, 0.2) is 0 Å². The maximum Gasteiger partial charge on any atom is 0.243 e. The fraction of sp³-hybridized carbons (Fsp3) is 0.364. The predicted octanol–water partition coefficient (Wildman–Crippen LogP) is 4.19. The van der Waals surface area contributed by atoms with Gasteiger partial charge in [-0.1, -0.05) is 68.8 Å². The highest BCUT2D eigenvalue weighted by Gasteiger charge is 2.26. The molecule has 2 aromatic rings. The first-order valence-electron chi connectivity index (χ1n) is 9.12. The summed E-state index contributed by atoms with van der Waals surface area (Å²) in [6, 6.07) is 15.6. The molecule has 0 spiro atoms. The molecular formula is C22H28N2O2. The fourth-order valence-corrected chi connectivity index (χ4v) is 3.11. The van der Waals surface area contributed by atoms with Crippen LogP contribution >= 0.6 is 0 Å². The molecule has 0 aromatic heterocycles. The van der Waals surface area contributed by atoms with E-state index in [0.717, 1.165) is 28.8 Å². The molecule has 0 bridgehead atoms. The SMILES string of the molecule is CC[C@H](C)[C@@H](C(=O)NCC(=O)Nc1c(C)cccc1C)c1ccccc1. The number of amides is 2. The lowest BCUT2D eigenvalue weighted by atomic mass is 9.85. The van der Waals surface area contributed by atoms with Gasteiger partial charge in [-0.3, -0.25) is 9.59 Å². The van der Waals surface area contributed by atoms with Crippen LogP contribution in [0, 0.1) is 19.8 Å². The summed E-state index contributed by atoms with van der Waals surface area (Å²) in [6.07, 6.45) is 0.890. The molecule has 2 atom stereocenters. The molecule has 0 saturated heterocycles. The highest BCUT2D eigenvalue weighted by atomic mass is 16.2. The Morgan fingerprint density at radius 2 is 1.58 bits per heavy atom. The molecule has 4 nitrogen and oxygen atoms in total. The maximum absolute atomic E-state index is 12.7. The van der Waals surface area contributed by atoms with Crippen LogP contribution in [-0.2, 0) is 9.59 Å². The van der Waals surface area contributed by atoms with E-state index in [1.54, 1.807) is 0 Å². The first-order chi connectivity index (χ1) is 12.4. The zero-order valence-electron chi connectivity index (χ0n) is 16.0. The van der Waals surface area contributed by atoms with Crippen LogP contribution in [0.15, 0.2) is 48.5 Å². The molecule has 0 radical (unpaired) electrons. The number of rotatable bonds is 7. The highest BCUT2D eigenvalue weighted by molar-refractivity contribution is 5.96. The Morgan fingerprint density at radius 3 is 2.15 bits per heavy atom. The molecule has 26 heavy (non-hydrogen) atoms. The van der Waals surface area contributed by atoms with E-state index in [9.17, 15) is 9.59 Å². The van der Waals surface area contributed by atoms with Gasteiger partial charge in [0.05, 0.1) is 12.5 Å². The lowest BCUT2D eigenvalue weighted by Crippen LogP contribution is -2.38. The zero-order valence-corrected chi connectivity index (χ0v) is 16.0. The topological polar surface area (TPSA) is 58.2 Å². The van der Waals surface area contributed by atoms with Gasteiger partial charge >= 0.3 is 0 Å². The minimum absolute atomic E-state index is 0.0353. The van der Waals surface area contributed by atoms with Gasteiger partial charge in [0.1, 0.15) is 0 Å². The molecule has 0 aliphatic rings. The fourth-order valence-electron chi connectivity index (χ4n) is 3.11. The van der Waals surface area contributed by atoms with Gasteiger partial charge < -0.3 is 10.6 Å². The van der Waals surface area contributed by atoms with Crippen LogP contribution in [0.1, 0.15) is 42.9 Å². The molecular weight excluding hydrogens is 324 g/mol. The van der Waals surface area contributed by atoms with Crippen LogP contribution in [0.3, 0.4) is 0 Å². The second kappa shape index (κ2) is 9.18. The van der Waals surface area contributed by atoms with Crippen LogP contribution < -0.4 is 10.6 Å². The Balaban J connectivity index is 2.02. The second-order valence-corrected chi connectivity index (χ2v) is 6.81. The summed E-state index contributed by atoms with van der Waals surface area (Å²) in [5, 5.41) is 5.71. The van der Waals surface area contributed by atoms with Crippen LogP contribution in [0.2, 0.25) is 0 Å². The minimum Gasteiger partial charge on any atom is -0.346 e. The molecule has 2 aromatic carbocycles. The summed E-state index contributed by atoms with van der Waals surface area (Å²) in [6.45, 7) is 8.01. The van der Waals surface area contributed by atoms with E-state index in [1.807, 2.05) is 62.4 Å². The van der Waals surface area contributed by atoms with Crippen molar-refractivity contribution in [2.24, 2.45) is 5.92 Å². The normalized spacial score (nSPS) is 12.9. The third-order valence-corrected chi connectivity index (χ3v) is 4.82. The van der Waals surface area contributed by atoms with Crippen molar-refractivity contribution in [2.45, 2.75) is 40.0 Å². The number of hydrogen-bond acceptors (Lipinski definition) is 2. The molecule has 0 fully saturated rings. The smallest absolute Gasteiger partial charge is 0.243 e. The van der Waals surface area contributed by atoms with Crippen LogP contribution in [0.5, 0.6) is 0 Å². The Labute approximate surface area is 156 Å². The van der Waals surface area contributed by atoms with E-state index in [2.05, 4.69) is 24.5 Å². The molecule has 0 saturated carbocycles. The van der Waals surface area contributed by atoms with E-state index in [0.29, 0.717) is 0 Å². The third kappa shape index (κ3) is 4.94. The number of hydrogen-bond donors (Lipinski definition) is 2. The van der Waals surface area contributed by atoms with Gasteiger partial charge in [0.2, 0.25) is 11.8 Å². The van der Waals surface area contributed by atoms with Gasteiger partial charge in [0.25, 0.3) is 0 Å². The van der Waals surface area contributed by atoms with Gasteiger partial charge in [-0.2, -0.15) is 0 Å². The predicted molar refractivity (Wildman–Crippen MR) is 106 cm³/mol. The van der Waals surface area contributed by atoms with Gasteiger partial charge in [-0.15, -0.1) is 0 Å². The summed E-state index contributed by atoms with van der Waals surface area (Å²) in [5.41, 5.74) is 3.81. The highest BCUT2D eigenvalue weighted by Crippen LogP contribution is 2.27. The third-order valence-electron chi connectivity index (χ3n) is 4.82. The average Bonchev–Trinajstić information content (AvgIpc) is 2.64. The number of benzene rings is 2. The quantitative estimate of drug-likeness (QED) is 0.785. The molecule has 138 valence electrons. The standard InChI is InChI=1S/C22H28N2O2/c1-5-15(2)20(18-12-7-6-8-13-18)22(26)23-14-19(25)24-21-16(3)10-9-11-17(21)4/h6-13,15,20H,5,14H2,1-4H3,(H,23,26)(H,24,25)/t15-,20+/m0/s1. The summed E-state index contributed by atoms with van der Waals surface area (Å²) in [5.74, 6) is -0.387. The Morgan fingerprint density at radius 1 is 0.962 bits per heavy atom. The molecule has 4 heteroatoms. The van der Waals surface area contributed by atoms with E-state index in [-0.39, 0.29) is 30.2 Å². The van der Waals surface area contributed by atoms with Crippen molar-refractivity contribution in [1.82, 2.24) is 5.32 Å². The van der Waals surface area contributed by atoms with Crippen LogP contribution in [0.4, 0.5) is 5.69 Å². The van der Waals surface area contributed by atoms with Crippen molar-refractivity contribution in [3.05, 3.63) is 65.2 Å². The summed E-state index contributed by atoms with van der Waals surface area (Å²) < 4.78 is 0. The zero-order chi connectivity index (χ0) is 19.1. The molecule has 0 aliphatic carbocycles. The van der Waals surface area contributed by atoms with E-state index < -0.39 is 0 Å². The number of aryl methyl sites for hydroxylation is 2. The maximum atomic E-state index is 12.7. The number of nitrogens with one attached hydrogen (secondary N) is 2. The monoisotopic (exact) mass is 352 g/mol. The van der Waals surface area contributed by atoms with Gasteiger partial charge in [-0.25, -0.2) is 0 Å². The molecule has 2 N–H and O–H groups in total. The van der Waals surface area contributed by atoms with E-state index in [1.165, 1.54) is 0 Å². The van der Waals surface area contributed by atoms with Crippen molar-refractivity contribution in [3.8, 4) is 0 Å². The second-order valence-electron chi connectivity index (χ2n) is 6.81. The Bertz CT molecular complexity index is 736. The Hall–Kier alpha value is -2.62. The van der Waals surface area contributed by atoms with Crippen molar-refractivity contribution in [2.75, 3.05) is 11.9 Å². The summed E-state index contributed by atoms with van der Waals surface area (Å²) in [7, 11) is 0. The largest absolute Gasteiger partial charge is 0.346 e. The number of anilines is 1.